The van der Waals surface area contributed by atoms with Crippen molar-refractivity contribution in [2.45, 2.75) is 71.4 Å². The number of hydrogen-bond donors (Lipinski definition) is 2. The number of hydrogen-bond acceptors (Lipinski definition) is 6. The molecule has 1 aromatic rings. The van der Waals surface area contributed by atoms with Crippen LogP contribution in [0.15, 0.2) is 48.1 Å². The first-order valence-corrected chi connectivity index (χ1v) is 13.0. The first-order valence-electron chi connectivity index (χ1n) is 13.0. The third-order valence-electron chi connectivity index (χ3n) is 9.19. The van der Waals surface area contributed by atoms with Crippen molar-refractivity contribution in [2.75, 3.05) is 18.5 Å². The number of amides is 1. The number of carbonyl (C=O) groups excluding carboxylic acids is 2. The molecule has 36 heavy (non-hydrogen) atoms. The van der Waals surface area contributed by atoms with E-state index < -0.39 is 18.4 Å². The molecule has 7 nitrogen and oxygen atoms in total. The maximum absolute atomic E-state index is 12.0. The van der Waals surface area contributed by atoms with Crippen LogP contribution in [0, 0.1) is 22.7 Å². The average molecular weight is 496 g/mol. The van der Waals surface area contributed by atoms with Crippen LogP contribution in [0.2, 0.25) is 0 Å². The van der Waals surface area contributed by atoms with Gasteiger partial charge in [0.25, 0.3) is 0 Å². The van der Waals surface area contributed by atoms with Crippen LogP contribution < -0.4 is 5.32 Å². The number of aliphatic hydroxyl groups is 1. The number of cyclic esters (lactones) is 1. The Morgan fingerprint density at radius 2 is 1.97 bits per heavy atom. The Balaban J connectivity index is 1.33. The molecule has 7 atom stereocenters. The van der Waals surface area contributed by atoms with Crippen molar-refractivity contribution in [3.8, 4) is 0 Å². The van der Waals surface area contributed by atoms with E-state index in [1.807, 2.05) is 30.3 Å². The van der Waals surface area contributed by atoms with Crippen LogP contribution in [-0.4, -0.2) is 42.4 Å². The average Bonchev–Trinajstić information content (AvgIpc) is 3.15. The van der Waals surface area contributed by atoms with Gasteiger partial charge in [0.05, 0.1) is 18.3 Å². The molecule has 4 aliphatic rings. The number of rotatable bonds is 4. The summed E-state index contributed by atoms with van der Waals surface area (Å²) in [5.41, 5.74) is 3.18. The molecule has 1 amide bonds. The SMILES string of the molecule is C=C1CCC2C3(C)COC(c4ccc(NC(C)=O)cc4)OC3CCC2(C)C1C/C=C1/C(=O)OCC1O. The zero-order chi connectivity index (χ0) is 25.7. The lowest BCUT2D eigenvalue weighted by Crippen LogP contribution is -2.60. The molecule has 2 saturated heterocycles. The molecule has 7 unspecified atom stereocenters. The molecular formula is C29H37NO6. The number of anilines is 1. The standard InChI is InChI=1S/C29H37NO6/c1-17-5-12-24-28(3,22(17)11-10-21-23(32)15-34-26(21)33)14-13-25-29(24,4)16-35-27(36-25)19-6-8-20(9-7-19)30-18(2)31/h6-10,22-25,27,32H,1,5,11-16H2,2-4H3,(H,30,31)/b21-10+. The zero-order valence-corrected chi connectivity index (χ0v) is 21.4. The van der Waals surface area contributed by atoms with Crippen molar-refractivity contribution in [1.29, 1.82) is 0 Å². The molecule has 0 aromatic heterocycles. The molecule has 1 aromatic carbocycles. The highest BCUT2D eigenvalue weighted by atomic mass is 16.7. The molecule has 0 bridgehead atoms. The van der Waals surface area contributed by atoms with Gasteiger partial charge >= 0.3 is 5.97 Å². The molecule has 2 heterocycles. The minimum absolute atomic E-state index is 0.00463. The van der Waals surface area contributed by atoms with E-state index in [2.05, 4.69) is 25.7 Å². The largest absolute Gasteiger partial charge is 0.459 e. The normalized spacial score (nSPS) is 39.3. The third-order valence-corrected chi connectivity index (χ3v) is 9.19. The van der Waals surface area contributed by atoms with Gasteiger partial charge in [-0.3, -0.25) is 4.79 Å². The first kappa shape index (κ1) is 25.2. The van der Waals surface area contributed by atoms with Gasteiger partial charge in [-0.05, 0) is 61.5 Å². The van der Waals surface area contributed by atoms with Gasteiger partial charge in [0, 0.05) is 23.6 Å². The van der Waals surface area contributed by atoms with Crippen LogP contribution in [0.1, 0.15) is 64.7 Å². The second-order valence-electron chi connectivity index (χ2n) is 11.4. The van der Waals surface area contributed by atoms with Gasteiger partial charge in [-0.15, -0.1) is 0 Å². The van der Waals surface area contributed by atoms with Crippen molar-refractivity contribution < 1.29 is 28.9 Å². The molecule has 2 aliphatic heterocycles. The topological polar surface area (TPSA) is 94.1 Å². The minimum Gasteiger partial charge on any atom is -0.459 e. The van der Waals surface area contributed by atoms with E-state index in [0.717, 1.165) is 36.9 Å². The molecule has 0 spiro atoms. The van der Waals surface area contributed by atoms with Gasteiger partial charge in [-0.1, -0.05) is 44.2 Å². The molecule has 7 heteroatoms. The van der Waals surface area contributed by atoms with Gasteiger partial charge in [0.15, 0.2) is 6.29 Å². The zero-order valence-electron chi connectivity index (χ0n) is 21.4. The highest BCUT2D eigenvalue weighted by Crippen LogP contribution is 2.63. The highest BCUT2D eigenvalue weighted by Gasteiger charge is 2.60. The number of allylic oxidation sites excluding steroid dienone is 2. The van der Waals surface area contributed by atoms with Gasteiger partial charge in [0.1, 0.15) is 12.7 Å². The molecule has 0 radical (unpaired) electrons. The van der Waals surface area contributed by atoms with Crippen LogP contribution in [0.4, 0.5) is 5.69 Å². The summed E-state index contributed by atoms with van der Waals surface area (Å²) in [4.78, 5) is 23.3. The Morgan fingerprint density at radius 3 is 2.64 bits per heavy atom. The number of fused-ring (bicyclic) bond motifs is 3. The monoisotopic (exact) mass is 495 g/mol. The third kappa shape index (κ3) is 4.31. The molecule has 194 valence electrons. The summed E-state index contributed by atoms with van der Waals surface area (Å²) < 4.78 is 17.9. The fourth-order valence-electron chi connectivity index (χ4n) is 7.30. The van der Waals surface area contributed by atoms with Crippen LogP contribution in [0.25, 0.3) is 0 Å². The molecule has 2 saturated carbocycles. The fourth-order valence-corrected chi connectivity index (χ4v) is 7.30. The van der Waals surface area contributed by atoms with E-state index in [0.29, 0.717) is 24.5 Å². The lowest BCUT2D eigenvalue weighted by atomic mass is 9.46. The van der Waals surface area contributed by atoms with E-state index >= 15 is 0 Å². The smallest absolute Gasteiger partial charge is 0.336 e. The maximum atomic E-state index is 12.0. The number of aliphatic hydroxyl groups excluding tert-OH is 1. The Labute approximate surface area is 212 Å². The van der Waals surface area contributed by atoms with E-state index in [9.17, 15) is 14.7 Å². The van der Waals surface area contributed by atoms with E-state index in [1.54, 1.807) is 0 Å². The molecular weight excluding hydrogens is 458 g/mol. The van der Waals surface area contributed by atoms with Gasteiger partial charge < -0.3 is 24.6 Å². The lowest BCUT2D eigenvalue weighted by Gasteiger charge is -2.62. The maximum Gasteiger partial charge on any atom is 0.336 e. The molecule has 2 N–H and O–H groups in total. The van der Waals surface area contributed by atoms with Gasteiger partial charge in [-0.25, -0.2) is 4.79 Å². The fraction of sp³-hybridized carbons (Fsp3) is 0.586. The van der Waals surface area contributed by atoms with Crippen molar-refractivity contribution in [1.82, 2.24) is 0 Å². The summed E-state index contributed by atoms with van der Waals surface area (Å²) in [5.74, 6) is 0.104. The number of carbonyl (C=O) groups is 2. The van der Waals surface area contributed by atoms with Crippen LogP contribution in [-0.2, 0) is 23.8 Å². The van der Waals surface area contributed by atoms with Gasteiger partial charge in [-0.2, -0.15) is 0 Å². The Bertz CT molecular complexity index is 1080. The summed E-state index contributed by atoms with van der Waals surface area (Å²) in [5, 5.41) is 12.9. The summed E-state index contributed by atoms with van der Waals surface area (Å²) >= 11 is 0. The Hall–Kier alpha value is -2.48. The molecule has 2 aliphatic carbocycles. The summed E-state index contributed by atoms with van der Waals surface area (Å²) in [6.45, 7) is 11.2. The van der Waals surface area contributed by atoms with Crippen LogP contribution >= 0.6 is 0 Å². The first-order chi connectivity index (χ1) is 17.1. The summed E-state index contributed by atoms with van der Waals surface area (Å²) in [6.07, 6.45) is 5.31. The number of ether oxygens (including phenoxy) is 3. The van der Waals surface area contributed by atoms with Crippen LogP contribution in [0.5, 0.6) is 0 Å². The second kappa shape index (κ2) is 9.43. The van der Waals surface area contributed by atoms with Gasteiger partial charge in [0.2, 0.25) is 5.91 Å². The predicted octanol–water partition coefficient (Wildman–Crippen LogP) is 4.68. The van der Waals surface area contributed by atoms with Crippen molar-refractivity contribution in [3.63, 3.8) is 0 Å². The molecule has 4 fully saturated rings. The van der Waals surface area contributed by atoms with E-state index in [4.69, 9.17) is 14.2 Å². The lowest BCUT2D eigenvalue weighted by molar-refractivity contribution is -0.307. The quantitative estimate of drug-likeness (QED) is 0.358. The summed E-state index contributed by atoms with van der Waals surface area (Å²) in [7, 11) is 0. The summed E-state index contributed by atoms with van der Waals surface area (Å²) in [6, 6.07) is 7.64. The van der Waals surface area contributed by atoms with Crippen molar-refractivity contribution in [2.24, 2.45) is 22.7 Å². The number of nitrogens with one attached hydrogen (secondary N) is 1. The van der Waals surface area contributed by atoms with Crippen molar-refractivity contribution in [3.05, 3.63) is 53.6 Å². The number of benzene rings is 1. The Morgan fingerprint density at radius 1 is 1.22 bits per heavy atom. The second-order valence-corrected chi connectivity index (χ2v) is 11.4. The highest BCUT2D eigenvalue weighted by molar-refractivity contribution is 5.91. The minimum atomic E-state index is -0.837. The Kier molecular flexibility index (Phi) is 6.60. The van der Waals surface area contributed by atoms with E-state index in [-0.39, 0.29) is 35.4 Å². The van der Waals surface area contributed by atoms with Crippen molar-refractivity contribution >= 4 is 17.6 Å². The molecule has 5 rings (SSSR count). The predicted molar refractivity (Wildman–Crippen MR) is 135 cm³/mol. The number of esters is 1. The van der Waals surface area contributed by atoms with E-state index in [1.165, 1.54) is 12.5 Å². The van der Waals surface area contributed by atoms with Crippen LogP contribution in [0.3, 0.4) is 0 Å².